The number of para-hydroxylation sites is 1. The molecule has 0 radical (unpaired) electrons. The third kappa shape index (κ3) is 7.05. The average molecular weight is 545 g/mol. The fraction of sp³-hybridized carbons (Fsp3) is 0.0714. The number of sulfonamides is 1. The lowest BCUT2D eigenvalue weighted by molar-refractivity contribution is -0.384. The van der Waals surface area contributed by atoms with Crippen LogP contribution >= 0.6 is 0 Å². The molecule has 0 bridgehead atoms. The summed E-state index contributed by atoms with van der Waals surface area (Å²) in [6.45, 7) is -0.266. The van der Waals surface area contributed by atoms with Crippen LogP contribution in [-0.2, 0) is 21.4 Å². The van der Waals surface area contributed by atoms with Crippen molar-refractivity contribution in [3.05, 3.63) is 130 Å². The van der Waals surface area contributed by atoms with E-state index in [9.17, 15) is 23.3 Å². The number of anilines is 1. The van der Waals surface area contributed by atoms with Gasteiger partial charge >= 0.3 is 0 Å². The summed E-state index contributed by atoms with van der Waals surface area (Å²) in [7, 11) is -4.17. The van der Waals surface area contributed by atoms with Crippen molar-refractivity contribution in [3.63, 3.8) is 0 Å². The number of nitro groups is 1. The highest BCUT2D eigenvalue weighted by atomic mass is 32.2. The second-order valence-corrected chi connectivity index (χ2v) is 10.1. The number of rotatable bonds is 11. The third-order valence-corrected chi connectivity index (χ3v) is 7.30. The number of hydrogen-bond donors (Lipinski definition) is 1. The van der Waals surface area contributed by atoms with Crippen LogP contribution in [0, 0.1) is 10.1 Å². The SMILES string of the molecule is O=C(CN(c1ccc([N+](=O)[O-])cc1)S(=O)(=O)c1ccccc1)N/N=C\c1ccccc1OCc1ccccc1. The van der Waals surface area contributed by atoms with Gasteiger partial charge in [-0.15, -0.1) is 0 Å². The zero-order valence-corrected chi connectivity index (χ0v) is 21.4. The normalized spacial score (nSPS) is 11.2. The number of hydrazone groups is 1. The summed E-state index contributed by atoms with van der Waals surface area (Å²) in [6, 6.07) is 29.2. The van der Waals surface area contributed by atoms with Gasteiger partial charge in [-0.05, 0) is 42.0 Å². The monoisotopic (exact) mass is 544 g/mol. The van der Waals surface area contributed by atoms with Crippen LogP contribution in [0.1, 0.15) is 11.1 Å². The minimum absolute atomic E-state index is 0.0378. The van der Waals surface area contributed by atoms with Crippen LogP contribution in [0.3, 0.4) is 0 Å². The molecular formula is C28H24N4O6S. The minimum atomic E-state index is -4.17. The Balaban J connectivity index is 1.50. The Morgan fingerprint density at radius 1 is 0.897 bits per heavy atom. The van der Waals surface area contributed by atoms with E-state index < -0.39 is 27.4 Å². The van der Waals surface area contributed by atoms with E-state index >= 15 is 0 Å². The van der Waals surface area contributed by atoms with Crippen LogP contribution in [-0.4, -0.2) is 32.0 Å². The van der Waals surface area contributed by atoms with Gasteiger partial charge < -0.3 is 4.74 Å². The summed E-state index contributed by atoms with van der Waals surface area (Å²) in [6.07, 6.45) is 1.40. The molecule has 198 valence electrons. The average Bonchev–Trinajstić information content (AvgIpc) is 2.96. The van der Waals surface area contributed by atoms with Crippen LogP contribution in [0.4, 0.5) is 11.4 Å². The number of benzene rings is 4. The molecule has 0 atom stereocenters. The second kappa shape index (κ2) is 12.5. The first-order valence-electron chi connectivity index (χ1n) is 11.7. The quantitative estimate of drug-likeness (QED) is 0.168. The van der Waals surface area contributed by atoms with Crippen LogP contribution in [0.5, 0.6) is 5.75 Å². The number of hydrogen-bond acceptors (Lipinski definition) is 7. The van der Waals surface area contributed by atoms with Crippen molar-refractivity contribution in [1.82, 2.24) is 5.43 Å². The summed E-state index contributed by atoms with van der Waals surface area (Å²) in [5.74, 6) is -0.162. The number of nitro benzene ring substituents is 1. The van der Waals surface area contributed by atoms with Crippen molar-refractivity contribution in [2.45, 2.75) is 11.5 Å². The summed E-state index contributed by atoms with van der Waals surface area (Å²) < 4.78 is 33.5. The van der Waals surface area contributed by atoms with E-state index in [2.05, 4.69) is 10.5 Å². The fourth-order valence-corrected chi connectivity index (χ4v) is 5.01. The topological polar surface area (TPSA) is 131 Å². The number of carbonyl (C=O) groups excluding carboxylic acids is 1. The van der Waals surface area contributed by atoms with Gasteiger partial charge in [0.2, 0.25) is 0 Å². The lowest BCUT2D eigenvalue weighted by Crippen LogP contribution is -2.39. The van der Waals surface area contributed by atoms with Gasteiger partial charge in [0, 0.05) is 17.7 Å². The van der Waals surface area contributed by atoms with Crippen LogP contribution in [0.15, 0.2) is 119 Å². The predicted octanol–water partition coefficient (Wildman–Crippen LogP) is 4.52. The van der Waals surface area contributed by atoms with Crippen LogP contribution in [0.25, 0.3) is 0 Å². The molecule has 1 N–H and O–H groups in total. The van der Waals surface area contributed by atoms with E-state index in [0.717, 1.165) is 9.87 Å². The molecule has 0 spiro atoms. The van der Waals surface area contributed by atoms with Crippen molar-refractivity contribution >= 4 is 33.5 Å². The van der Waals surface area contributed by atoms with Crippen molar-refractivity contribution in [1.29, 1.82) is 0 Å². The molecule has 0 aliphatic carbocycles. The largest absolute Gasteiger partial charge is 0.488 e. The minimum Gasteiger partial charge on any atom is -0.488 e. The smallest absolute Gasteiger partial charge is 0.269 e. The van der Waals surface area contributed by atoms with Crippen molar-refractivity contribution in [2.24, 2.45) is 5.10 Å². The first kappa shape index (κ1) is 27.0. The molecule has 0 fully saturated rings. The molecule has 4 aromatic carbocycles. The number of nitrogens with zero attached hydrogens (tertiary/aromatic N) is 3. The zero-order valence-electron chi connectivity index (χ0n) is 20.6. The number of amides is 1. The molecule has 0 heterocycles. The van der Waals surface area contributed by atoms with Gasteiger partial charge in [-0.2, -0.15) is 5.10 Å². The maximum Gasteiger partial charge on any atom is 0.269 e. The molecular weight excluding hydrogens is 520 g/mol. The van der Waals surface area contributed by atoms with E-state index in [1.54, 1.807) is 36.4 Å². The van der Waals surface area contributed by atoms with E-state index in [-0.39, 0.29) is 16.3 Å². The molecule has 0 aliphatic heterocycles. The summed E-state index contributed by atoms with van der Waals surface area (Å²) in [5, 5.41) is 15.0. The van der Waals surface area contributed by atoms with Crippen molar-refractivity contribution < 1.29 is 22.9 Å². The molecule has 11 heteroatoms. The predicted molar refractivity (Wildman–Crippen MR) is 147 cm³/mol. The highest BCUT2D eigenvalue weighted by molar-refractivity contribution is 7.92. The number of non-ortho nitro benzene ring substituents is 1. The third-order valence-electron chi connectivity index (χ3n) is 5.52. The van der Waals surface area contributed by atoms with Crippen molar-refractivity contribution in [3.8, 4) is 5.75 Å². The van der Waals surface area contributed by atoms with Gasteiger partial charge in [-0.25, -0.2) is 13.8 Å². The second-order valence-electron chi connectivity index (χ2n) is 8.20. The van der Waals surface area contributed by atoms with Gasteiger partial charge in [-0.3, -0.25) is 19.2 Å². The Hall–Kier alpha value is -5.03. The molecule has 1 amide bonds. The number of nitrogens with one attached hydrogen (secondary N) is 1. The Bertz CT molecular complexity index is 1560. The Labute approximate surface area is 225 Å². The Kier molecular flexibility index (Phi) is 8.64. The number of carbonyl (C=O) groups is 1. The van der Waals surface area contributed by atoms with Crippen LogP contribution < -0.4 is 14.5 Å². The number of ether oxygens (including phenoxy) is 1. The summed E-state index contributed by atoms with van der Waals surface area (Å²) >= 11 is 0. The molecule has 0 aliphatic rings. The molecule has 4 rings (SSSR count). The molecule has 0 unspecified atom stereocenters. The van der Waals surface area contributed by atoms with Crippen molar-refractivity contribution in [2.75, 3.05) is 10.8 Å². The standard InChI is InChI=1S/C28H24N4O6S/c33-28(30-29-19-23-11-7-8-14-27(23)38-21-22-9-3-1-4-10-22)20-31(24-15-17-25(18-16-24)32(34)35)39(36,37)26-12-5-2-6-13-26/h1-19H,20-21H2,(H,30,33)/b29-19-. The summed E-state index contributed by atoms with van der Waals surface area (Å²) in [5.41, 5.74) is 3.82. The summed E-state index contributed by atoms with van der Waals surface area (Å²) in [4.78, 5) is 23.2. The molecule has 0 aromatic heterocycles. The highest BCUT2D eigenvalue weighted by Crippen LogP contribution is 2.25. The maximum absolute atomic E-state index is 13.4. The van der Waals surface area contributed by atoms with E-state index in [1.165, 1.54) is 42.6 Å². The molecule has 10 nitrogen and oxygen atoms in total. The zero-order chi connectivity index (χ0) is 27.7. The van der Waals surface area contributed by atoms with Gasteiger partial charge in [0.15, 0.2) is 0 Å². The molecule has 4 aromatic rings. The Morgan fingerprint density at radius 3 is 2.18 bits per heavy atom. The Morgan fingerprint density at radius 2 is 1.51 bits per heavy atom. The lowest BCUT2D eigenvalue weighted by atomic mass is 10.2. The molecule has 0 saturated carbocycles. The van der Waals surface area contributed by atoms with E-state index in [0.29, 0.717) is 17.9 Å². The molecule has 0 saturated heterocycles. The first-order valence-corrected chi connectivity index (χ1v) is 13.2. The fourth-order valence-electron chi connectivity index (χ4n) is 3.57. The van der Waals surface area contributed by atoms with E-state index in [4.69, 9.17) is 4.74 Å². The lowest BCUT2D eigenvalue weighted by Gasteiger charge is -2.23. The van der Waals surface area contributed by atoms with Gasteiger partial charge in [0.25, 0.3) is 21.6 Å². The molecule has 39 heavy (non-hydrogen) atoms. The van der Waals surface area contributed by atoms with Gasteiger partial charge in [0.1, 0.15) is 18.9 Å². The maximum atomic E-state index is 13.4. The van der Waals surface area contributed by atoms with Gasteiger partial charge in [0.05, 0.1) is 21.7 Å². The van der Waals surface area contributed by atoms with Gasteiger partial charge in [-0.1, -0.05) is 60.7 Å². The van der Waals surface area contributed by atoms with Crippen LogP contribution in [0.2, 0.25) is 0 Å². The highest BCUT2D eigenvalue weighted by Gasteiger charge is 2.27. The van der Waals surface area contributed by atoms with E-state index in [1.807, 2.05) is 36.4 Å². The first-order chi connectivity index (χ1) is 18.8.